The van der Waals surface area contributed by atoms with Crippen molar-refractivity contribution in [3.8, 4) is 0 Å². The topological polar surface area (TPSA) is 210 Å². The fourth-order valence-corrected chi connectivity index (χ4v) is 7.23. The number of esters is 2. The molecule has 2 rings (SSSR count). The Morgan fingerprint density at radius 2 is 1.52 bits per heavy atom. The van der Waals surface area contributed by atoms with Crippen LogP contribution in [0.2, 0.25) is 0 Å². The quantitative estimate of drug-likeness (QED) is 0.209. The van der Waals surface area contributed by atoms with Crippen molar-refractivity contribution < 1.29 is 47.8 Å². The van der Waals surface area contributed by atoms with Crippen LogP contribution in [0.15, 0.2) is 53.6 Å². The van der Waals surface area contributed by atoms with Gasteiger partial charge in [0.25, 0.3) is 5.91 Å². The van der Waals surface area contributed by atoms with Gasteiger partial charge in [-0.1, -0.05) is 83.5 Å². The molecular weight excluding hydrogens is 809 g/mol. The second-order valence-corrected chi connectivity index (χ2v) is 17.3. The predicted octanol–water partition coefficient (Wildman–Crippen LogP) is 3.63. The molecule has 0 aromatic heterocycles. The number of benzene rings is 1. The van der Waals surface area contributed by atoms with Crippen LogP contribution in [0.1, 0.15) is 100 Å². The van der Waals surface area contributed by atoms with Crippen LogP contribution in [-0.2, 0) is 54.3 Å². The van der Waals surface area contributed by atoms with E-state index in [1.807, 2.05) is 33.8 Å². The van der Waals surface area contributed by atoms with Crippen molar-refractivity contribution in [3.63, 3.8) is 0 Å². The van der Waals surface area contributed by atoms with Gasteiger partial charge in [-0.15, -0.1) is 0 Å². The summed E-state index contributed by atoms with van der Waals surface area (Å²) in [5.41, 5.74) is 1.61. The number of allylic oxidation sites excluding steroid dienone is 2. The second-order valence-electron chi connectivity index (χ2n) is 17.3. The summed E-state index contributed by atoms with van der Waals surface area (Å²) in [6, 6.07) is 4.51. The number of cyclic esters (lactones) is 2. The van der Waals surface area contributed by atoms with Gasteiger partial charge in [-0.3, -0.25) is 28.8 Å². The maximum Gasteiger partial charge on any atom is 0.334 e. The summed E-state index contributed by atoms with van der Waals surface area (Å²) in [5, 5.41) is 10.8. The first-order chi connectivity index (χ1) is 29.6. The number of likely N-dealkylation sites (N-methyl/N-ethyl adjacent to an activating group) is 2. The lowest BCUT2D eigenvalue weighted by Gasteiger charge is -2.33. The van der Waals surface area contributed by atoms with Gasteiger partial charge in [0.05, 0.1) is 6.54 Å². The number of ether oxygens (including phenoxy) is 2. The van der Waals surface area contributed by atoms with E-state index in [1.165, 1.54) is 44.8 Å². The molecule has 0 spiro atoms. The number of rotatable bonds is 9. The van der Waals surface area contributed by atoms with E-state index in [9.17, 15) is 38.4 Å². The Morgan fingerprint density at radius 1 is 0.905 bits per heavy atom. The smallest absolute Gasteiger partial charge is 0.334 e. The lowest BCUT2D eigenvalue weighted by Crippen LogP contribution is -2.57. The fourth-order valence-electron chi connectivity index (χ4n) is 7.23. The monoisotopic (exact) mass is 881 g/mol. The number of hydrogen-bond acceptors (Lipinski definition) is 10. The highest BCUT2D eigenvalue weighted by atomic mass is 16.6. The van der Waals surface area contributed by atoms with E-state index in [0.29, 0.717) is 12.0 Å². The standard InChI is InChI=1S/C47H72N6O10/c1-14-28(5)40-43(57)50-33(10)47(61)63-41(29(6)15-2)31(8)35(25-38(54)48-11)22-21-30(7)46(60)62-37(23-27(3)4)42(56)49-32(9)44(58)53(13)36(24-34-19-17-16-18-20-34)45(59)52(12)26-39(55)51-40/h15-21,27-28,31-33,35-37,40-41H,14,22-26H2,1-13H3,(H,48,54)(H,49,56)(H,50,57)(H,51,55)/b29-15+,30-21+. The summed E-state index contributed by atoms with van der Waals surface area (Å²) in [5.74, 6) is -6.34. The van der Waals surface area contributed by atoms with Crippen LogP contribution in [0.3, 0.4) is 0 Å². The second kappa shape index (κ2) is 25.5. The van der Waals surface area contributed by atoms with Crippen molar-refractivity contribution in [3.05, 3.63) is 59.2 Å². The van der Waals surface area contributed by atoms with E-state index in [2.05, 4.69) is 21.3 Å². The van der Waals surface area contributed by atoms with E-state index < -0.39 is 96.2 Å². The van der Waals surface area contributed by atoms with Crippen LogP contribution in [-0.4, -0.2) is 121 Å². The third kappa shape index (κ3) is 16.3. The Balaban J connectivity index is 2.71. The number of carbonyl (C=O) groups is 8. The summed E-state index contributed by atoms with van der Waals surface area (Å²) in [6.07, 6.45) is 2.25. The molecule has 0 saturated heterocycles. The zero-order valence-electron chi connectivity index (χ0n) is 39.5. The summed E-state index contributed by atoms with van der Waals surface area (Å²) in [7, 11) is 4.37. The lowest BCUT2D eigenvalue weighted by molar-refractivity contribution is -0.154. The molecule has 1 aliphatic rings. The molecule has 1 aromatic rings. The summed E-state index contributed by atoms with van der Waals surface area (Å²) in [6.45, 7) is 16.8. The van der Waals surface area contributed by atoms with Crippen LogP contribution in [0, 0.1) is 23.7 Å². The van der Waals surface area contributed by atoms with Crippen molar-refractivity contribution in [2.45, 2.75) is 138 Å². The Bertz CT molecular complexity index is 1830. The van der Waals surface area contributed by atoms with Crippen molar-refractivity contribution >= 4 is 47.4 Å². The van der Waals surface area contributed by atoms with Gasteiger partial charge in [0.1, 0.15) is 30.3 Å². The van der Waals surface area contributed by atoms with Gasteiger partial charge in [-0.2, -0.15) is 0 Å². The largest absolute Gasteiger partial charge is 0.456 e. The van der Waals surface area contributed by atoms with Gasteiger partial charge in [0, 0.05) is 45.5 Å². The Hall–Kier alpha value is -5.54. The van der Waals surface area contributed by atoms with Gasteiger partial charge >= 0.3 is 11.9 Å². The number of amides is 6. The van der Waals surface area contributed by atoms with E-state index in [1.54, 1.807) is 64.1 Å². The zero-order chi connectivity index (χ0) is 47.7. The number of nitrogens with zero attached hydrogens (tertiary/aromatic N) is 2. The van der Waals surface area contributed by atoms with Crippen molar-refractivity contribution in [1.29, 1.82) is 0 Å². The highest BCUT2D eigenvalue weighted by Gasteiger charge is 2.37. The molecule has 0 saturated carbocycles. The molecule has 4 N–H and O–H groups in total. The highest BCUT2D eigenvalue weighted by molar-refractivity contribution is 5.96. The fraction of sp³-hybridized carbons (Fsp3) is 0.617. The van der Waals surface area contributed by atoms with Gasteiger partial charge in [-0.25, -0.2) is 9.59 Å². The van der Waals surface area contributed by atoms with Crippen molar-refractivity contribution in [1.82, 2.24) is 31.1 Å². The van der Waals surface area contributed by atoms with Crippen LogP contribution < -0.4 is 21.3 Å². The molecule has 16 heteroatoms. The third-order valence-electron chi connectivity index (χ3n) is 11.8. The molecule has 350 valence electrons. The van der Waals surface area contributed by atoms with E-state index >= 15 is 0 Å². The molecule has 9 unspecified atom stereocenters. The van der Waals surface area contributed by atoms with Crippen LogP contribution in [0.5, 0.6) is 0 Å². The number of hydrogen-bond donors (Lipinski definition) is 4. The van der Waals surface area contributed by atoms with Gasteiger partial charge in [0.2, 0.25) is 29.5 Å². The molecule has 0 fully saturated rings. The third-order valence-corrected chi connectivity index (χ3v) is 11.8. The van der Waals surface area contributed by atoms with Crippen LogP contribution >= 0.6 is 0 Å². The SMILES string of the molecule is C/C=C(\C)C1OC(=O)C(C)NC(=O)C(C(C)CC)NC(=O)CN(C)C(=O)C(Cc2ccccc2)N(C)C(=O)C(C)NC(=O)C(CC(C)C)OC(=O)/C(C)=C/CC(CC(=O)NC)C1C. The van der Waals surface area contributed by atoms with Crippen LogP contribution in [0.25, 0.3) is 0 Å². The van der Waals surface area contributed by atoms with Gasteiger partial charge in [-0.05, 0) is 76.4 Å². The van der Waals surface area contributed by atoms with Crippen molar-refractivity contribution in [2.75, 3.05) is 27.7 Å². The summed E-state index contributed by atoms with van der Waals surface area (Å²) >= 11 is 0. The molecule has 0 radical (unpaired) electrons. The summed E-state index contributed by atoms with van der Waals surface area (Å²) in [4.78, 5) is 112. The molecule has 1 aliphatic heterocycles. The maximum atomic E-state index is 14.2. The first kappa shape index (κ1) is 53.6. The Kier molecular flexibility index (Phi) is 21.7. The first-order valence-corrected chi connectivity index (χ1v) is 21.9. The normalized spacial score (nSPS) is 27.6. The molecule has 1 heterocycles. The lowest BCUT2D eigenvalue weighted by atomic mass is 9.81. The molecule has 0 bridgehead atoms. The molecule has 16 nitrogen and oxygen atoms in total. The minimum atomic E-state index is -1.27. The maximum absolute atomic E-state index is 14.2. The first-order valence-electron chi connectivity index (χ1n) is 21.9. The molecule has 9 atom stereocenters. The van der Waals surface area contributed by atoms with Crippen molar-refractivity contribution in [2.24, 2.45) is 23.7 Å². The van der Waals surface area contributed by atoms with E-state index in [0.717, 1.165) is 5.56 Å². The highest BCUT2D eigenvalue weighted by Crippen LogP contribution is 2.30. The van der Waals surface area contributed by atoms with E-state index in [-0.39, 0.29) is 49.0 Å². The Labute approximate surface area is 373 Å². The minimum absolute atomic E-state index is 0.0237. The number of carbonyl (C=O) groups excluding carboxylic acids is 8. The Morgan fingerprint density at radius 3 is 2.10 bits per heavy atom. The van der Waals surface area contributed by atoms with Gasteiger partial charge < -0.3 is 40.5 Å². The minimum Gasteiger partial charge on any atom is -0.456 e. The molecule has 1 aromatic carbocycles. The average Bonchev–Trinajstić information content (AvgIpc) is 3.25. The predicted molar refractivity (Wildman–Crippen MR) is 239 cm³/mol. The molecule has 0 aliphatic carbocycles. The van der Waals surface area contributed by atoms with Gasteiger partial charge in [0.15, 0.2) is 6.10 Å². The zero-order valence-corrected chi connectivity index (χ0v) is 39.5. The van der Waals surface area contributed by atoms with Crippen LogP contribution in [0.4, 0.5) is 0 Å². The summed E-state index contributed by atoms with van der Waals surface area (Å²) < 4.78 is 11.8. The number of nitrogens with one attached hydrogen (secondary N) is 4. The molecule has 63 heavy (non-hydrogen) atoms. The molecule has 6 amide bonds. The average molecular weight is 881 g/mol. The van der Waals surface area contributed by atoms with E-state index in [4.69, 9.17) is 9.47 Å². The molecular formula is C47H72N6O10.